The van der Waals surface area contributed by atoms with Gasteiger partial charge in [0.05, 0.1) is 6.61 Å². The number of ether oxygens (including phenoxy) is 1. The van der Waals surface area contributed by atoms with E-state index in [9.17, 15) is 0 Å². The molecule has 1 aromatic rings. The summed E-state index contributed by atoms with van der Waals surface area (Å²) in [6, 6.07) is 7.68. The van der Waals surface area contributed by atoms with Crippen LogP contribution in [-0.2, 0) is 0 Å². The molecule has 0 atom stereocenters. The van der Waals surface area contributed by atoms with Gasteiger partial charge in [-0.15, -0.1) is 0 Å². The molecule has 0 N–H and O–H groups in total. The van der Waals surface area contributed by atoms with E-state index < -0.39 is 0 Å². The summed E-state index contributed by atoms with van der Waals surface area (Å²) in [5.74, 6) is 1.62. The van der Waals surface area contributed by atoms with E-state index in [2.05, 4.69) is 39.0 Å². The van der Waals surface area contributed by atoms with Gasteiger partial charge in [-0.3, -0.25) is 0 Å². The molecule has 0 heterocycles. The minimum atomic E-state index is 0.541. The Balaban J connectivity index is 2.91. The molecule has 2 heteroatoms. The Morgan fingerprint density at radius 1 is 1.36 bits per heavy atom. The zero-order valence-corrected chi connectivity index (χ0v) is 11.6. The SMILES string of the molecule is Cc1ccc(C(C)C)c(OCC[SiH3])c1. The van der Waals surface area contributed by atoms with Crippen molar-refractivity contribution in [2.24, 2.45) is 0 Å². The first kappa shape index (κ1) is 11.3. The fraction of sp³-hybridized carbons (Fsp3) is 0.500. The average molecular weight is 208 g/mol. The Hall–Kier alpha value is -0.763. The topological polar surface area (TPSA) is 9.23 Å². The van der Waals surface area contributed by atoms with Crippen molar-refractivity contribution in [3.05, 3.63) is 29.3 Å². The van der Waals surface area contributed by atoms with E-state index in [-0.39, 0.29) is 0 Å². The summed E-state index contributed by atoms with van der Waals surface area (Å²) in [5, 5.41) is 0. The molecule has 0 saturated carbocycles. The van der Waals surface area contributed by atoms with Crippen molar-refractivity contribution in [2.45, 2.75) is 32.7 Å². The molecule has 0 radical (unpaired) electrons. The van der Waals surface area contributed by atoms with Crippen LogP contribution in [0.2, 0.25) is 6.04 Å². The second kappa shape index (κ2) is 5.20. The van der Waals surface area contributed by atoms with Crippen LogP contribution in [0.1, 0.15) is 30.9 Å². The molecular weight excluding hydrogens is 188 g/mol. The number of benzene rings is 1. The maximum absolute atomic E-state index is 5.76. The number of hydrogen-bond donors (Lipinski definition) is 0. The molecule has 1 aromatic carbocycles. The summed E-state index contributed by atoms with van der Waals surface area (Å²) in [6.45, 7) is 7.39. The van der Waals surface area contributed by atoms with E-state index in [0.29, 0.717) is 5.92 Å². The normalized spacial score (nSPS) is 10.9. The van der Waals surface area contributed by atoms with Crippen LogP contribution >= 0.6 is 0 Å². The molecule has 0 fully saturated rings. The van der Waals surface area contributed by atoms with E-state index in [1.54, 1.807) is 0 Å². The van der Waals surface area contributed by atoms with Gasteiger partial charge >= 0.3 is 0 Å². The van der Waals surface area contributed by atoms with Crippen molar-refractivity contribution in [1.29, 1.82) is 0 Å². The van der Waals surface area contributed by atoms with Gasteiger partial charge in [-0.2, -0.15) is 0 Å². The molecule has 0 aromatic heterocycles. The third kappa shape index (κ3) is 2.88. The van der Waals surface area contributed by atoms with Crippen LogP contribution < -0.4 is 4.74 Å². The lowest BCUT2D eigenvalue weighted by atomic mass is 10.0. The van der Waals surface area contributed by atoms with Crippen LogP contribution in [0.5, 0.6) is 5.75 Å². The van der Waals surface area contributed by atoms with Gasteiger partial charge in [-0.25, -0.2) is 0 Å². The molecule has 0 amide bonds. The van der Waals surface area contributed by atoms with Gasteiger partial charge in [0.15, 0.2) is 0 Å². The van der Waals surface area contributed by atoms with Gasteiger partial charge in [0.25, 0.3) is 0 Å². The van der Waals surface area contributed by atoms with Crippen LogP contribution in [-0.4, -0.2) is 16.8 Å². The molecule has 0 aliphatic carbocycles. The lowest BCUT2D eigenvalue weighted by Gasteiger charge is -2.14. The Morgan fingerprint density at radius 2 is 2.07 bits per heavy atom. The minimum Gasteiger partial charge on any atom is -0.494 e. The quantitative estimate of drug-likeness (QED) is 0.690. The molecule has 14 heavy (non-hydrogen) atoms. The monoisotopic (exact) mass is 208 g/mol. The average Bonchev–Trinajstić information content (AvgIpc) is 2.14. The molecule has 0 aliphatic rings. The van der Waals surface area contributed by atoms with Crippen molar-refractivity contribution < 1.29 is 4.74 Å². The predicted octanol–water partition coefficient (Wildman–Crippen LogP) is 2.28. The Labute approximate surface area is 89.9 Å². The second-order valence-corrected chi connectivity index (χ2v) is 5.04. The van der Waals surface area contributed by atoms with Crippen LogP contribution in [0.4, 0.5) is 0 Å². The van der Waals surface area contributed by atoms with Crippen LogP contribution in [0.15, 0.2) is 18.2 Å². The van der Waals surface area contributed by atoms with Crippen LogP contribution in [0.3, 0.4) is 0 Å². The molecule has 0 aliphatic heterocycles. The number of aryl methyl sites for hydroxylation is 1. The third-order valence-electron chi connectivity index (χ3n) is 2.25. The highest BCUT2D eigenvalue weighted by Gasteiger charge is 2.07. The summed E-state index contributed by atoms with van der Waals surface area (Å²) in [4.78, 5) is 0. The highest BCUT2D eigenvalue weighted by molar-refractivity contribution is 6.08. The van der Waals surface area contributed by atoms with Gasteiger partial charge in [-0.05, 0) is 36.1 Å². The zero-order valence-electron chi connectivity index (χ0n) is 9.63. The maximum atomic E-state index is 5.76. The van der Waals surface area contributed by atoms with Gasteiger partial charge in [0.2, 0.25) is 0 Å². The largest absolute Gasteiger partial charge is 0.494 e. The predicted molar refractivity (Wildman–Crippen MR) is 65.5 cm³/mol. The zero-order chi connectivity index (χ0) is 10.6. The van der Waals surface area contributed by atoms with Crippen molar-refractivity contribution in [2.75, 3.05) is 6.61 Å². The standard InChI is InChI=1S/C12H20OSi/c1-9(2)11-5-4-10(3)8-12(11)13-6-7-14/h4-5,8-9H,6-7H2,1-3,14H3. The smallest absolute Gasteiger partial charge is 0.122 e. The Kier molecular flexibility index (Phi) is 4.20. The number of rotatable bonds is 4. The Bertz CT molecular complexity index is 294. The summed E-state index contributed by atoms with van der Waals surface area (Å²) >= 11 is 0. The first-order chi connectivity index (χ1) is 6.65. The van der Waals surface area contributed by atoms with Crippen molar-refractivity contribution in [1.82, 2.24) is 0 Å². The highest BCUT2D eigenvalue weighted by Crippen LogP contribution is 2.27. The summed E-state index contributed by atoms with van der Waals surface area (Å²) in [7, 11) is 1.22. The van der Waals surface area contributed by atoms with Gasteiger partial charge in [0, 0.05) is 10.2 Å². The molecule has 0 unspecified atom stereocenters. The summed E-state index contributed by atoms with van der Waals surface area (Å²) in [5.41, 5.74) is 2.60. The third-order valence-corrected chi connectivity index (χ3v) is 2.66. The molecular formula is C12H20OSi. The van der Waals surface area contributed by atoms with E-state index in [4.69, 9.17) is 4.74 Å². The van der Waals surface area contributed by atoms with Crippen molar-refractivity contribution in [3.63, 3.8) is 0 Å². The Morgan fingerprint density at radius 3 is 2.64 bits per heavy atom. The molecule has 78 valence electrons. The van der Waals surface area contributed by atoms with Crippen molar-refractivity contribution >= 4 is 10.2 Å². The summed E-state index contributed by atoms with van der Waals surface area (Å²) in [6.07, 6.45) is 0. The van der Waals surface area contributed by atoms with Gasteiger partial charge < -0.3 is 4.74 Å². The minimum absolute atomic E-state index is 0.541. The number of hydrogen-bond acceptors (Lipinski definition) is 1. The second-order valence-electron chi connectivity index (χ2n) is 4.04. The van der Waals surface area contributed by atoms with E-state index in [1.165, 1.54) is 27.4 Å². The van der Waals surface area contributed by atoms with Crippen LogP contribution in [0.25, 0.3) is 0 Å². The van der Waals surface area contributed by atoms with E-state index in [0.717, 1.165) is 12.4 Å². The van der Waals surface area contributed by atoms with Gasteiger partial charge in [-0.1, -0.05) is 26.0 Å². The fourth-order valence-corrected chi connectivity index (χ4v) is 1.66. The molecule has 0 saturated heterocycles. The molecule has 0 spiro atoms. The van der Waals surface area contributed by atoms with E-state index >= 15 is 0 Å². The molecule has 1 nitrogen and oxygen atoms in total. The lowest BCUT2D eigenvalue weighted by Crippen LogP contribution is -2.01. The lowest BCUT2D eigenvalue weighted by molar-refractivity contribution is 0.335. The van der Waals surface area contributed by atoms with Gasteiger partial charge in [0.1, 0.15) is 5.75 Å². The first-order valence-corrected chi connectivity index (χ1v) is 6.80. The van der Waals surface area contributed by atoms with E-state index in [1.807, 2.05) is 0 Å². The molecule has 1 rings (SSSR count). The van der Waals surface area contributed by atoms with Crippen molar-refractivity contribution in [3.8, 4) is 5.75 Å². The first-order valence-electron chi connectivity index (χ1n) is 5.38. The highest BCUT2D eigenvalue weighted by atomic mass is 28.1. The van der Waals surface area contributed by atoms with Crippen LogP contribution in [0, 0.1) is 6.92 Å². The molecule has 0 bridgehead atoms. The summed E-state index contributed by atoms with van der Waals surface area (Å²) < 4.78 is 5.76. The maximum Gasteiger partial charge on any atom is 0.122 e. The fourth-order valence-electron chi connectivity index (χ4n) is 1.46.